The Morgan fingerprint density at radius 1 is 1.56 bits per heavy atom. The van der Waals surface area contributed by atoms with E-state index in [0.29, 0.717) is 11.7 Å². The average molecular weight is 284 g/mol. The van der Waals surface area contributed by atoms with Gasteiger partial charge in [0.25, 0.3) is 0 Å². The molecule has 0 unspecified atom stereocenters. The topological polar surface area (TPSA) is 66.9 Å². The van der Waals surface area contributed by atoms with Crippen LogP contribution in [0.4, 0.5) is 5.13 Å². The average Bonchev–Trinajstić information content (AvgIpc) is 2.79. The second kappa shape index (κ2) is 7.95. The summed E-state index contributed by atoms with van der Waals surface area (Å²) in [5.41, 5.74) is 0. The van der Waals surface area contributed by atoms with Gasteiger partial charge in [-0.1, -0.05) is 42.9 Å². The lowest BCUT2D eigenvalue weighted by atomic mass is 10.2. The van der Waals surface area contributed by atoms with Gasteiger partial charge in [-0.25, -0.2) is 0 Å². The molecule has 98 valence electrons. The maximum Gasteiger partial charge on any atom is 0.231 e. The molecule has 0 fully saturated rings. The predicted octanol–water partition coefficient (Wildman–Crippen LogP) is 1.45. The zero-order valence-corrected chi connectivity index (χ0v) is 12.0. The zero-order chi connectivity index (χ0) is 13.4. The summed E-state index contributed by atoms with van der Waals surface area (Å²) in [6, 6.07) is 0. The van der Waals surface area contributed by atoms with Crippen molar-refractivity contribution in [2.45, 2.75) is 18.2 Å². The number of hydrogen-bond donors (Lipinski definition) is 2. The van der Waals surface area contributed by atoms with Gasteiger partial charge in [0.2, 0.25) is 11.0 Å². The van der Waals surface area contributed by atoms with Gasteiger partial charge >= 0.3 is 0 Å². The van der Waals surface area contributed by atoms with Gasteiger partial charge in [0.15, 0.2) is 4.34 Å². The van der Waals surface area contributed by atoms with E-state index in [0.717, 1.165) is 16.0 Å². The summed E-state index contributed by atoms with van der Waals surface area (Å²) in [7, 11) is 0. The SMILES string of the molecule is C#CCNC(=O)CSc1nnc(NCC(C)C)s1. The molecule has 18 heavy (non-hydrogen) atoms. The number of rotatable bonds is 7. The fraction of sp³-hybridized carbons (Fsp3) is 0.545. The van der Waals surface area contributed by atoms with Crippen molar-refractivity contribution in [3.05, 3.63) is 0 Å². The first-order chi connectivity index (χ1) is 8.61. The van der Waals surface area contributed by atoms with E-state index in [1.807, 2.05) is 0 Å². The molecule has 1 amide bonds. The second-order valence-corrected chi connectivity index (χ2v) is 6.12. The molecule has 5 nitrogen and oxygen atoms in total. The van der Waals surface area contributed by atoms with Crippen molar-refractivity contribution >= 4 is 34.1 Å². The third-order valence-corrected chi connectivity index (χ3v) is 3.80. The number of terminal acetylenes is 1. The fourth-order valence-corrected chi connectivity index (χ4v) is 2.55. The van der Waals surface area contributed by atoms with E-state index in [1.165, 1.54) is 23.1 Å². The van der Waals surface area contributed by atoms with Gasteiger partial charge in [-0.2, -0.15) is 0 Å². The van der Waals surface area contributed by atoms with Crippen molar-refractivity contribution in [1.29, 1.82) is 0 Å². The summed E-state index contributed by atoms with van der Waals surface area (Å²) in [6.45, 7) is 5.37. The lowest BCUT2D eigenvalue weighted by Gasteiger charge is -2.03. The molecule has 0 spiro atoms. The van der Waals surface area contributed by atoms with E-state index >= 15 is 0 Å². The number of hydrogen-bond acceptors (Lipinski definition) is 6. The molecular formula is C11H16N4OS2. The first-order valence-electron chi connectivity index (χ1n) is 5.52. The summed E-state index contributed by atoms with van der Waals surface area (Å²) in [5.74, 6) is 3.12. The minimum absolute atomic E-state index is 0.0927. The lowest BCUT2D eigenvalue weighted by molar-refractivity contribution is -0.118. The Bertz CT molecular complexity index is 425. The highest BCUT2D eigenvalue weighted by Gasteiger charge is 2.07. The molecule has 0 atom stereocenters. The van der Waals surface area contributed by atoms with Crippen molar-refractivity contribution < 1.29 is 4.79 Å². The Kier molecular flexibility index (Phi) is 6.54. The first-order valence-corrected chi connectivity index (χ1v) is 7.32. The van der Waals surface area contributed by atoms with Gasteiger partial charge in [-0.15, -0.1) is 16.6 Å². The predicted molar refractivity (Wildman–Crippen MR) is 75.8 cm³/mol. The smallest absolute Gasteiger partial charge is 0.231 e. The number of nitrogens with one attached hydrogen (secondary N) is 2. The van der Waals surface area contributed by atoms with Gasteiger partial charge in [-0.3, -0.25) is 4.79 Å². The molecule has 7 heteroatoms. The summed E-state index contributed by atoms with van der Waals surface area (Å²) < 4.78 is 0.775. The molecule has 1 aromatic heterocycles. The van der Waals surface area contributed by atoms with Gasteiger partial charge in [0, 0.05) is 6.54 Å². The van der Waals surface area contributed by atoms with Crippen LogP contribution in [0.1, 0.15) is 13.8 Å². The van der Waals surface area contributed by atoms with Crippen LogP contribution in [0.5, 0.6) is 0 Å². The summed E-state index contributed by atoms with van der Waals surface area (Å²) >= 11 is 2.81. The summed E-state index contributed by atoms with van der Waals surface area (Å²) in [5, 5.41) is 14.6. The molecule has 1 heterocycles. The molecule has 1 rings (SSSR count). The van der Waals surface area contributed by atoms with E-state index in [4.69, 9.17) is 6.42 Å². The molecule has 0 aliphatic carbocycles. The molecule has 2 N–H and O–H groups in total. The van der Waals surface area contributed by atoms with Gasteiger partial charge < -0.3 is 10.6 Å². The van der Waals surface area contributed by atoms with Gasteiger partial charge in [0.05, 0.1) is 12.3 Å². The van der Waals surface area contributed by atoms with Crippen LogP contribution in [0.3, 0.4) is 0 Å². The van der Waals surface area contributed by atoms with Gasteiger partial charge in [0.1, 0.15) is 0 Å². The van der Waals surface area contributed by atoms with Crippen LogP contribution in [0, 0.1) is 18.3 Å². The molecule has 0 saturated carbocycles. The molecule has 0 radical (unpaired) electrons. The Hall–Kier alpha value is -1.26. The number of carbonyl (C=O) groups excluding carboxylic acids is 1. The fourth-order valence-electron chi connectivity index (χ4n) is 0.959. The highest BCUT2D eigenvalue weighted by Crippen LogP contribution is 2.25. The molecular weight excluding hydrogens is 268 g/mol. The molecule has 0 bridgehead atoms. The van der Waals surface area contributed by atoms with Crippen LogP contribution in [-0.4, -0.2) is 34.9 Å². The van der Waals surface area contributed by atoms with Crippen LogP contribution >= 0.6 is 23.1 Å². The van der Waals surface area contributed by atoms with E-state index < -0.39 is 0 Å². The Morgan fingerprint density at radius 3 is 3.00 bits per heavy atom. The van der Waals surface area contributed by atoms with Crippen LogP contribution in [0.15, 0.2) is 4.34 Å². The molecule has 0 aliphatic heterocycles. The Balaban J connectivity index is 2.31. The first kappa shape index (κ1) is 14.8. The third-order valence-electron chi connectivity index (χ3n) is 1.78. The summed E-state index contributed by atoms with van der Waals surface area (Å²) in [4.78, 5) is 11.3. The molecule has 0 aliphatic rings. The highest BCUT2D eigenvalue weighted by atomic mass is 32.2. The summed E-state index contributed by atoms with van der Waals surface area (Å²) in [6.07, 6.45) is 5.05. The normalized spacial score (nSPS) is 10.1. The van der Waals surface area contributed by atoms with Crippen molar-refractivity contribution in [1.82, 2.24) is 15.5 Å². The zero-order valence-electron chi connectivity index (χ0n) is 10.4. The third kappa shape index (κ3) is 5.89. The lowest BCUT2D eigenvalue weighted by Crippen LogP contribution is -2.25. The monoisotopic (exact) mass is 284 g/mol. The van der Waals surface area contributed by atoms with Crippen molar-refractivity contribution in [3.8, 4) is 12.3 Å². The highest BCUT2D eigenvalue weighted by molar-refractivity contribution is 8.01. The minimum atomic E-state index is -0.0927. The standard InChI is InChI=1S/C11H16N4OS2/c1-4-5-12-9(16)7-17-11-15-14-10(18-11)13-6-8(2)3/h1,8H,5-7H2,2-3H3,(H,12,16)(H,13,14). The van der Waals surface area contributed by atoms with E-state index in [-0.39, 0.29) is 12.5 Å². The van der Waals surface area contributed by atoms with Crippen LogP contribution in [0.2, 0.25) is 0 Å². The number of nitrogens with zero attached hydrogens (tertiary/aromatic N) is 2. The molecule has 1 aromatic rings. The Labute approximate surface area is 115 Å². The van der Waals surface area contributed by atoms with Crippen LogP contribution in [-0.2, 0) is 4.79 Å². The van der Waals surface area contributed by atoms with E-state index in [1.54, 1.807) is 0 Å². The van der Waals surface area contributed by atoms with Crippen molar-refractivity contribution in [3.63, 3.8) is 0 Å². The molecule has 0 aromatic carbocycles. The second-order valence-electron chi connectivity index (χ2n) is 3.92. The Morgan fingerprint density at radius 2 is 2.33 bits per heavy atom. The number of thioether (sulfide) groups is 1. The van der Waals surface area contributed by atoms with Crippen molar-refractivity contribution in [2.75, 3.05) is 24.2 Å². The van der Waals surface area contributed by atoms with Crippen LogP contribution < -0.4 is 10.6 Å². The number of amides is 1. The maximum atomic E-state index is 11.3. The molecule has 0 saturated heterocycles. The number of carbonyl (C=O) groups is 1. The number of anilines is 1. The number of aromatic nitrogens is 2. The van der Waals surface area contributed by atoms with E-state index in [9.17, 15) is 4.79 Å². The minimum Gasteiger partial charge on any atom is -0.360 e. The van der Waals surface area contributed by atoms with Crippen molar-refractivity contribution in [2.24, 2.45) is 5.92 Å². The quantitative estimate of drug-likeness (QED) is 0.586. The largest absolute Gasteiger partial charge is 0.360 e. The van der Waals surface area contributed by atoms with E-state index in [2.05, 4.69) is 40.6 Å². The maximum absolute atomic E-state index is 11.3. The van der Waals surface area contributed by atoms with Crippen LogP contribution in [0.25, 0.3) is 0 Å². The van der Waals surface area contributed by atoms with Gasteiger partial charge in [-0.05, 0) is 5.92 Å².